The largest absolute Gasteiger partial charge is 0.497 e. The van der Waals surface area contributed by atoms with Gasteiger partial charge in [-0.2, -0.15) is 0 Å². The molecule has 1 amide bonds. The van der Waals surface area contributed by atoms with E-state index in [9.17, 15) is 4.79 Å². The third kappa shape index (κ3) is 5.17. The number of hydrogen-bond acceptors (Lipinski definition) is 6. The summed E-state index contributed by atoms with van der Waals surface area (Å²) in [5.41, 5.74) is 1.70. The number of nitrogens with zero attached hydrogens (tertiary/aromatic N) is 2. The number of H-pyrrole nitrogens is 1. The Bertz CT molecular complexity index is 947. The molecule has 2 aromatic carbocycles. The van der Waals surface area contributed by atoms with Gasteiger partial charge < -0.3 is 14.8 Å². The van der Waals surface area contributed by atoms with Crippen molar-refractivity contribution in [1.82, 2.24) is 20.5 Å². The van der Waals surface area contributed by atoms with Crippen LogP contribution in [0.3, 0.4) is 0 Å². The molecule has 0 aliphatic rings. The number of ether oxygens (including phenoxy) is 2. The van der Waals surface area contributed by atoms with E-state index < -0.39 is 0 Å². The number of carbonyl (C=O) groups excluding carboxylic acids is 1. The second-order valence-electron chi connectivity index (χ2n) is 5.72. The number of thioether (sulfide) groups is 1. The topological polar surface area (TPSA) is 89.1 Å². The Kier molecular flexibility index (Phi) is 6.78. The fourth-order valence-corrected chi connectivity index (χ4v) is 3.22. The minimum atomic E-state index is -0.104. The Hall–Kier alpha value is -2.71. The van der Waals surface area contributed by atoms with Gasteiger partial charge in [0.15, 0.2) is 5.82 Å². The van der Waals surface area contributed by atoms with Crippen LogP contribution in [0.25, 0.3) is 11.4 Å². The predicted octanol–water partition coefficient (Wildman–Crippen LogP) is 3.55. The van der Waals surface area contributed by atoms with Gasteiger partial charge >= 0.3 is 0 Å². The number of hydrogen-bond donors (Lipinski definition) is 2. The number of methoxy groups -OCH3 is 2. The molecule has 0 aliphatic carbocycles. The standard InChI is InChI=1S/C19H19ClN4O3S/c1-26-14-6-3-12(4-7-14)10-21-17(25)11-28-19-22-18(23-24-19)15-9-13(20)5-8-16(15)27-2/h3-9H,10-11H2,1-2H3,(H,21,25)(H,22,23,24). The van der Waals surface area contributed by atoms with Crippen molar-refractivity contribution in [2.24, 2.45) is 0 Å². The fraction of sp³-hybridized carbons (Fsp3) is 0.211. The van der Waals surface area contributed by atoms with Crippen LogP contribution in [0, 0.1) is 0 Å². The summed E-state index contributed by atoms with van der Waals surface area (Å²) >= 11 is 7.30. The number of benzene rings is 2. The highest BCUT2D eigenvalue weighted by Gasteiger charge is 2.13. The van der Waals surface area contributed by atoms with Crippen molar-refractivity contribution in [3.63, 3.8) is 0 Å². The van der Waals surface area contributed by atoms with Crippen molar-refractivity contribution in [3.05, 3.63) is 53.1 Å². The summed E-state index contributed by atoms with van der Waals surface area (Å²) in [6, 6.07) is 12.8. The number of rotatable bonds is 8. The fourth-order valence-electron chi connectivity index (χ4n) is 2.42. The highest BCUT2D eigenvalue weighted by Crippen LogP contribution is 2.31. The summed E-state index contributed by atoms with van der Waals surface area (Å²) < 4.78 is 10.4. The number of aromatic amines is 1. The SMILES string of the molecule is COc1ccc(CNC(=O)CSc2n[nH]c(-c3cc(Cl)ccc3OC)n2)cc1. The van der Waals surface area contributed by atoms with Gasteiger partial charge in [0.25, 0.3) is 0 Å². The van der Waals surface area contributed by atoms with Crippen LogP contribution in [-0.4, -0.2) is 41.1 Å². The van der Waals surface area contributed by atoms with Gasteiger partial charge in [-0.1, -0.05) is 35.5 Å². The van der Waals surface area contributed by atoms with E-state index in [-0.39, 0.29) is 11.7 Å². The molecule has 1 aromatic heterocycles. The lowest BCUT2D eigenvalue weighted by Crippen LogP contribution is -2.24. The van der Waals surface area contributed by atoms with Crippen LogP contribution in [0.2, 0.25) is 5.02 Å². The zero-order valence-corrected chi connectivity index (χ0v) is 16.9. The van der Waals surface area contributed by atoms with E-state index in [1.54, 1.807) is 32.4 Å². The molecule has 7 nitrogen and oxygen atoms in total. The Morgan fingerprint density at radius 3 is 2.68 bits per heavy atom. The molecule has 28 heavy (non-hydrogen) atoms. The van der Waals surface area contributed by atoms with Gasteiger partial charge in [0.1, 0.15) is 11.5 Å². The Morgan fingerprint density at radius 1 is 1.18 bits per heavy atom. The maximum Gasteiger partial charge on any atom is 0.230 e. The van der Waals surface area contributed by atoms with Crippen molar-refractivity contribution >= 4 is 29.3 Å². The molecule has 3 aromatic rings. The Morgan fingerprint density at radius 2 is 1.96 bits per heavy atom. The van der Waals surface area contributed by atoms with E-state index in [1.165, 1.54) is 11.8 Å². The maximum absolute atomic E-state index is 12.1. The lowest BCUT2D eigenvalue weighted by Gasteiger charge is -2.06. The zero-order valence-electron chi connectivity index (χ0n) is 15.4. The van der Waals surface area contributed by atoms with Crippen molar-refractivity contribution < 1.29 is 14.3 Å². The molecule has 0 radical (unpaired) electrons. The van der Waals surface area contributed by atoms with Crippen LogP contribution in [0.15, 0.2) is 47.6 Å². The average Bonchev–Trinajstić information content (AvgIpc) is 3.20. The zero-order chi connectivity index (χ0) is 19.9. The van der Waals surface area contributed by atoms with E-state index in [0.29, 0.717) is 33.9 Å². The van der Waals surface area contributed by atoms with Gasteiger partial charge in [0.2, 0.25) is 11.1 Å². The second kappa shape index (κ2) is 9.48. The lowest BCUT2D eigenvalue weighted by atomic mass is 10.2. The smallest absolute Gasteiger partial charge is 0.230 e. The minimum Gasteiger partial charge on any atom is -0.497 e. The molecule has 3 rings (SSSR count). The summed E-state index contributed by atoms with van der Waals surface area (Å²) in [7, 11) is 3.19. The highest BCUT2D eigenvalue weighted by molar-refractivity contribution is 7.99. The van der Waals surface area contributed by atoms with Gasteiger partial charge in [-0.3, -0.25) is 9.89 Å². The van der Waals surface area contributed by atoms with Crippen LogP contribution < -0.4 is 14.8 Å². The first-order valence-electron chi connectivity index (χ1n) is 8.38. The van der Waals surface area contributed by atoms with Crippen LogP contribution in [0.4, 0.5) is 0 Å². The van der Waals surface area contributed by atoms with Crippen LogP contribution in [0.1, 0.15) is 5.56 Å². The normalized spacial score (nSPS) is 10.5. The number of aromatic nitrogens is 3. The predicted molar refractivity (Wildman–Crippen MR) is 109 cm³/mol. The van der Waals surface area contributed by atoms with E-state index in [1.807, 2.05) is 24.3 Å². The molecule has 146 valence electrons. The van der Waals surface area contributed by atoms with Gasteiger partial charge in [-0.15, -0.1) is 5.10 Å². The first kappa shape index (κ1) is 20.0. The molecular formula is C19H19ClN4O3S. The molecule has 0 aliphatic heterocycles. The molecule has 0 atom stereocenters. The van der Waals surface area contributed by atoms with Gasteiger partial charge in [-0.25, -0.2) is 4.98 Å². The van der Waals surface area contributed by atoms with Crippen molar-refractivity contribution in [2.75, 3.05) is 20.0 Å². The molecule has 0 saturated heterocycles. The highest BCUT2D eigenvalue weighted by atomic mass is 35.5. The number of carbonyl (C=O) groups is 1. The quantitative estimate of drug-likeness (QED) is 0.544. The molecular weight excluding hydrogens is 400 g/mol. The molecule has 0 unspecified atom stereocenters. The van der Waals surface area contributed by atoms with Crippen LogP contribution in [-0.2, 0) is 11.3 Å². The summed E-state index contributed by atoms with van der Waals surface area (Å²) in [5, 5.41) is 10.9. The average molecular weight is 419 g/mol. The van der Waals surface area contributed by atoms with Crippen molar-refractivity contribution in [3.8, 4) is 22.9 Å². The number of amides is 1. The lowest BCUT2D eigenvalue weighted by molar-refractivity contribution is -0.118. The van der Waals surface area contributed by atoms with E-state index in [0.717, 1.165) is 11.3 Å². The maximum atomic E-state index is 12.1. The van der Waals surface area contributed by atoms with Gasteiger partial charge in [0, 0.05) is 11.6 Å². The summed E-state index contributed by atoms with van der Waals surface area (Å²) in [6.07, 6.45) is 0. The molecule has 0 bridgehead atoms. The Balaban J connectivity index is 1.54. The molecule has 0 saturated carbocycles. The monoisotopic (exact) mass is 418 g/mol. The molecule has 9 heteroatoms. The third-order valence-corrected chi connectivity index (χ3v) is 4.95. The number of nitrogens with one attached hydrogen (secondary N) is 2. The second-order valence-corrected chi connectivity index (χ2v) is 7.10. The summed E-state index contributed by atoms with van der Waals surface area (Å²) in [5.74, 6) is 2.05. The third-order valence-electron chi connectivity index (χ3n) is 3.86. The molecule has 0 spiro atoms. The van der Waals surface area contributed by atoms with Crippen molar-refractivity contribution in [1.29, 1.82) is 0 Å². The number of halogens is 1. The summed E-state index contributed by atoms with van der Waals surface area (Å²) in [4.78, 5) is 16.5. The first-order valence-corrected chi connectivity index (χ1v) is 9.74. The Labute approximate surface area is 171 Å². The molecule has 1 heterocycles. The van der Waals surface area contributed by atoms with Crippen LogP contribution >= 0.6 is 23.4 Å². The van der Waals surface area contributed by atoms with Gasteiger partial charge in [0.05, 0.1) is 25.5 Å². The van der Waals surface area contributed by atoms with E-state index in [2.05, 4.69) is 20.5 Å². The van der Waals surface area contributed by atoms with Crippen molar-refractivity contribution in [2.45, 2.75) is 11.7 Å². The molecule has 2 N–H and O–H groups in total. The van der Waals surface area contributed by atoms with E-state index >= 15 is 0 Å². The van der Waals surface area contributed by atoms with E-state index in [4.69, 9.17) is 21.1 Å². The summed E-state index contributed by atoms with van der Waals surface area (Å²) in [6.45, 7) is 0.447. The molecule has 0 fully saturated rings. The minimum absolute atomic E-state index is 0.104. The van der Waals surface area contributed by atoms with Gasteiger partial charge in [-0.05, 0) is 35.9 Å². The first-order chi connectivity index (χ1) is 13.6. The van der Waals surface area contributed by atoms with Crippen LogP contribution in [0.5, 0.6) is 11.5 Å².